The molecule has 0 saturated carbocycles. The smallest absolute Gasteiger partial charge is 0.0412 e. The van der Waals surface area contributed by atoms with Crippen molar-refractivity contribution >= 4 is 17.2 Å². The van der Waals surface area contributed by atoms with Crippen LogP contribution in [0.3, 0.4) is 0 Å². The fraction of sp³-hybridized carbons (Fsp3) is 0.444. The standard InChI is InChI=1S/C18H25Cl/c1-5-7-16(11-10-15(4)12-14(2)3)17-8-6-9-18(19)13-17/h6,8-11,13-14H,5,7,12H2,1-4H3/b15-10+,16-11+. The molecule has 104 valence electrons. The Labute approximate surface area is 123 Å². The third kappa shape index (κ3) is 6.11. The number of allylic oxidation sites excluding steroid dienone is 4. The van der Waals surface area contributed by atoms with Crippen LogP contribution in [0.15, 0.2) is 42.0 Å². The molecule has 0 saturated heterocycles. The average molecular weight is 277 g/mol. The highest BCUT2D eigenvalue weighted by Crippen LogP contribution is 2.23. The Balaban J connectivity index is 2.94. The molecule has 0 radical (unpaired) electrons. The van der Waals surface area contributed by atoms with Crippen LogP contribution in [0.1, 0.15) is 52.5 Å². The molecular formula is C18H25Cl. The van der Waals surface area contributed by atoms with Crippen LogP contribution in [0.5, 0.6) is 0 Å². The quantitative estimate of drug-likeness (QED) is 0.519. The van der Waals surface area contributed by atoms with Crippen molar-refractivity contribution < 1.29 is 0 Å². The lowest BCUT2D eigenvalue weighted by atomic mass is 9.99. The molecule has 0 spiro atoms. The topological polar surface area (TPSA) is 0 Å². The van der Waals surface area contributed by atoms with Gasteiger partial charge in [0.05, 0.1) is 0 Å². The van der Waals surface area contributed by atoms with Crippen molar-refractivity contribution in [3.05, 3.63) is 52.6 Å². The van der Waals surface area contributed by atoms with Gasteiger partial charge in [-0.15, -0.1) is 0 Å². The van der Waals surface area contributed by atoms with Gasteiger partial charge in [-0.3, -0.25) is 0 Å². The number of hydrogen-bond donors (Lipinski definition) is 0. The number of hydrogen-bond acceptors (Lipinski definition) is 0. The first kappa shape index (κ1) is 16.0. The van der Waals surface area contributed by atoms with Crippen LogP contribution in [0, 0.1) is 5.92 Å². The Morgan fingerprint density at radius 3 is 2.58 bits per heavy atom. The molecule has 0 aliphatic heterocycles. The molecule has 1 aromatic rings. The van der Waals surface area contributed by atoms with Crippen LogP contribution >= 0.6 is 11.6 Å². The van der Waals surface area contributed by atoms with Crippen molar-refractivity contribution in [1.82, 2.24) is 0 Å². The third-order valence-electron chi connectivity index (χ3n) is 3.01. The molecule has 1 rings (SSSR count). The summed E-state index contributed by atoms with van der Waals surface area (Å²) in [5.41, 5.74) is 4.04. The molecular weight excluding hydrogens is 252 g/mol. The second-order valence-electron chi connectivity index (χ2n) is 5.56. The Hall–Kier alpha value is -1.01. The van der Waals surface area contributed by atoms with Gasteiger partial charge in [0, 0.05) is 5.02 Å². The van der Waals surface area contributed by atoms with Gasteiger partial charge in [-0.2, -0.15) is 0 Å². The summed E-state index contributed by atoms with van der Waals surface area (Å²) in [6.07, 6.45) is 7.91. The molecule has 0 aliphatic rings. The minimum absolute atomic E-state index is 0.713. The van der Waals surface area contributed by atoms with E-state index in [2.05, 4.69) is 52.0 Å². The van der Waals surface area contributed by atoms with Gasteiger partial charge in [0.25, 0.3) is 0 Å². The zero-order valence-corrected chi connectivity index (χ0v) is 13.3. The van der Waals surface area contributed by atoms with Crippen LogP contribution in [-0.4, -0.2) is 0 Å². The summed E-state index contributed by atoms with van der Waals surface area (Å²) in [5.74, 6) is 0.713. The number of benzene rings is 1. The largest absolute Gasteiger partial charge is 0.0843 e. The molecule has 19 heavy (non-hydrogen) atoms. The molecule has 0 amide bonds. The average Bonchev–Trinajstić information content (AvgIpc) is 2.33. The fourth-order valence-electron chi connectivity index (χ4n) is 2.24. The summed E-state index contributed by atoms with van der Waals surface area (Å²) < 4.78 is 0. The van der Waals surface area contributed by atoms with Gasteiger partial charge < -0.3 is 0 Å². The van der Waals surface area contributed by atoms with Gasteiger partial charge in [-0.1, -0.05) is 68.7 Å². The van der Waals surface area contributed by atoms with Crippen molar-refractivity contribution in [3.8, 4) is 0 Å². The molecule has 0 bridgehead atoms. The fourth-order valence-corrected chi connectivity index (χ4v) is 2.43. The monoisotopic (exact) mass is 276 g/mol. The summed E-state index contributed by atoms with van der Waals surface area (Å²) in [6.45, 7) is 8.93. The molecule has 0 unspecified atom stereocenters. The first-order valence-electron chi connectivity index (χ1n) is 7.15. The predicted octanol–water partition coefficient (Wildman–Crippen LogP) is 6.52. The Morgan fingerprint density at radius 1 is 1.26 bits per heavy atom. The highest BCUT2D eigenvalue weighted by Gasteiger charge is 2.01. The second-order valence-corrected chi connectivity index (χ2v) is 6.00. The van der Waals surface area contributed by atoms with Crippen LogP contribution in [-0.2, 0) is 0 Å². The van der Waals surface area contributed by atoms with Crippen LogP contribution in [0.25, 0.3) is 5.57 Å². The van der Waals surface area contributed by atoms with Gasteiger partial charge in [-0.25, -0.2) is 0 Å². The zero-order chi connectivity index (χ0) is 14.3. The summed E-state index contributed by atoms with van der Waals surface area (Å²) in [5, 5.41) is 0.808. The van der Waals surface area contributed by atoms with E-state index in [0.29, 0.717) is 5.92 Å². The highest BCUT2D eigenvalue weighted by molar-refractivity contribution is 6.30. The van der Waals surface area contributed by atoms with E-state index in [9.17, 15) is 0 Å². The van der Waals surface area contributed by atoms with E-state index in [4.69, 9.17) is 11.6 Å². The lowest BCUT2D eigenvalue weighted by Crippen LogP contribution is -1.88. The van der Waals surface area contributed by atoms with E-state index in [1.54, 1.807) is 0 Å². The maximum Gasteiger partial charge on any atom is 0.0412 e. The normalized spacial score (nSPS) is 13.2. The van der Waals surface area contributed by atoms with Crippen molar-refractivity contribution in [1.29, 1.82) is 0 Å². The summed E-state index contributed by atoms with van der Waals surface area (Å²) in [6, 6.07) is 8.13. The molecule has 0 nitrogen and oxygen atoms in total. The van der Waals surface area contributed by atoms with Gasteiger partial charge >= 0.3 is 0 Å². The van der Waals surface area contributed by atoms with Gasteiger partial charge in [-0.05, 0) is 49.0 Å². The maximum atomic E-state index is 6.08. The maximum absolute atomic E-state index is 6.08. The van der Waals surface area contributed by atoms with Crippen molar-refractivity contribution in [2.75, 3.05) is 0 Å². The van der Waals surface area contributed by atoms with Crippen LogP contribution in [0.4, 0.5) is 0 Å². The summed E-state index contributed by atoms with van der Waals surface area (Å²) >= 11 is 6.08. The van der Waals surface area contributed by atoms with E-state index in [1.165, 1.54) is 16.7 Å². The molecule has 1 aromatic carbocycles. The Morgan fingerprint density at radius 2 is 2.00 bits per heavy atom. The highest BCUT2D eigenvalue weighted by atomic mass is 35.5. The molecule has 1 heteroatoms. The lowest BCUT2D eigenvalue weighted by Gasteiger charge is -2.07. The molecule has 0 aromatic heterocycles. The van der Waals surface area contributed by atoms with E-state index in [-0.39, 0.29) is 0 Å². The minimum Gasteiger partial charge on any atom is -0.0843 e. The van der Waals surface area contributed by atoms with Gasteiger partial charge in [0.1, 0.15) is 0 Å². The van der Waals surface area contributed by atoms with E-state index in [0.717, 1.165) is 24.3 Å². The van der Waals surface area contributed by atoms with Crippen molar-refractivity contribution in [2.24, 2.45) is 5.92 Å². The Kier molecular flexibility index (Phi) is 6.94. The zero-order valence-electron chi connectivity index (χ0n) is 12.5. The molecule has 0 fully saturated rings. The predicted molar refractivity (Wildman–Crippen MR) is 87.5 cm³/mol. The lowest BCUT2D eigenvalue weighted by molar-refractivity contribution is 0.642. The van der Waals surface area contributed by atoms with E-state index in [1.807, 2.05) is 12.1 Å². The van der Waals surface area contributed by atoms with Gasteiger partial charge in [0.15, 0.2) is 0 Å². The summed E-state index contributed by atoms with van der Waals surface area (Å²) in [7, 11) is 0. The SMILES string of the molecule is CCC/C(=C\C=C(/C)CC(C)C)c1cccc(Cl)c1. The molecule has 0 N–H and O–H groups in total. The van der Waals surface area contributed by atoms with Crippen LogP contribution in [0.2, 0.25) is 5.02 Å². The minimum atomic E-state index is 0.713. The molecule has 0 atom stereocenters. The van der Waals surface area contributed by atoms with Crippen molar-refractivity contribution in [2.45, 2.75) is 47.0 Å². The van der Waals surface area contributed by atoms with E-state index < -0.39 is 0 Å². The summed E-state index contributed by atoms with van der Waals surface area (Å²) in [4.78, 5) is 0. The first-order chi connectivity index (χ1) is 9.02. The van der Waals surface area contributed by atoms with Crippen LogP contribution < -0.4 is 0 Å². The third-order valence-corrected chi connectivity index (χ3v) is 3.25. The van der Waals surface area contributed by atoms with Gasteiger partial charge in [0.2, 0.25) is 0 Å². The molecule has 0 aliphatic carbocycles. The number of halogens is 1. The number of rotatable bonds is 6. The molecule has 0 heterocycles. The second kappa shape index (κ2) is 8.22. The first-order valence-corrected chi connectivity index (χ1v) is 7.53. The Bertz CT molecular complexity index is 453. The van der Waals surface area contributed by atoms with Crippen molar-refractivity contribution in [3.63, 3.8) is 0 Å². The van der Waals surface area contributed by atoms with E-state index >= 15 is 0 Å².